The number of nitrogens with zero attached hydrogens (tertiary/aromatic N) is 1. The third-order valence-corrected chi connectivity index (χ3v) is 4.66. The summed E-state index contributed by atoms with van der Waals surface area (Å²) in [4.78, 5) is 17.1. The Hall–Kier alpha value is -2.94. The van der Waals surface area contributed by atoms with Crippen LogP contribution in [-0.4, -0.2) is 11.8 Å². The van der Waals surface area contributed by atoms with E-state index in [1.165, 1.54) is 0 Å². The Morgan fingerprint density at radius 2 is 1.64 bits per heavy atom. The van der Waals surface area contributed by atoms with Crippen molar-refractivity contribution in [2.75, 3.05) is 0 Å². The molecule has 0 aliphatic carbocycles. The molecule has 0 spiro atoms. The predicted molar refractivity (Wildman–Crippen MR) is 99.6 cm³/mol. The first kappa shape index (κ1) is 15.6. The summed E-state index contributed by atoms with van der Waals surface area (Å²) < 4.78 is 6.22. The van der Waals surface area contributed by atoms with Crippen LogP contribution in [-0.2, 0) is 15.1 Å². The molecular weight excluding hydrogens is 310 g/mol. The molecule has 4 rings (SSSR count). The minimum atomic E-state index is -1.02. The number of rotatable bonds is 4. The van der Waals surface area contributed by atoms with Crippen molar-refractivity contribution in [1.29, 1.82) is 0 Å². The van der Waals surface area contributed by atoms with Gasteiger partial charge >= 0.3 is 0 Å². The Morgan fingerprint density at radius 3 is 2.40 bits per heavy atom. The van der Waals surface area contributed by atoms with Crippen LogP contribution in [0.15, 0.2) is 77.8 Å². The number of amides is 1. The quantitative estimate of drug-likeness (QED) is 0.687. The van der Waals surface area contributed by atoms with Crippen molar-refractivity contribution >= 4 is 22.6 Å². The van der Waals surface area contributed by atoms with Crippen LogP contribution in [0.2, 0.25) is 0 Å². The van der Waals surface area contributed by atoms with E-state index in [0.29, 0.717) is 12.3 Å². The van der Waals surface area contributed by atoms with E-state index in [2.05, 4.69) is 24.0 Å². The molecule has 3 aromatic rings. The van der Waals surface area contributed by atoms with Gasteiger partial charge in [0.2, 0.25) is 11.5 Å². The largest absolute Gasteiger partial charge is 0.455 e. The summed E-state index contributed by atoms with van der Waals surface area (Å²) in [5.74, 6) is 0.190. The van der Waals surface area contributed by atoms with Crippen LogP contribution >= 0.6 is 0 Å². The van der Waals surface area contributed by atoms with Crippen LogP contribution in [0.3, 0.4) is 0 Å². The van der Waals surface area contributed by atoms with E-state index in [9.17, 15) is 4.79 Å². The van der Waals surface area contributed by atoms with Crippen LogP contribution < -0.4 is 0 Å². The Labute approximate surface area is 147 Å². The van der Waals surface area contributed by atoms with Crippen molar-refractivity contribution in [2.24, 2.45) is 4.99 Å². The number of ether oxygens (including phenoxy) is 1. The smallest absolute Gasteiger partial charge is 0.297 e. The van der Waals surface area contributed by atoms with Crippen molar-refractivity contribution in [3.63, 3.8) is 0 Å². The SMILES string of the molecule is CCC[C@]1(c2ccc3ccccc3c2)OC(c2ccccc2)=NC1=O. The summed E-state index contributed by atoms with van der Waals surface area (Å²) in [6.07, 6.45) is 1.43. The summed E-state index contributed by atoms with van der Waals surface area (Å²) in [5.41, 5.74) is 0.673. The Morgan fingerprint density at radius 1 is 0.920 bits per heavy atom. The van der Waals surface area contributed by atoms with E-state index < -0.39 is 5.60 Å². The molecule has 1 aliphatic heterocycles. The van der Waals surface area contributed by atoms with E-state index in [1.807, 2.05) is 60.7 Å². The highest BCUT2D eigenvalue weighted by Gasteiger charge is 2.47. The molecule has 0 N–H and O–H groups in total. The molecular formula is C22H19NO2. The highest BCUT2D eigenvalue weighted by Crippen LogP contribution is 2.39. The topological polar surface area (TPSA) is 38.7 Å². The maximum Gasteiger partial charge on any atom is 0.297 e. The summed E-state index contributed by atoms with van der Waals surface area (Å²) in [6.45, 7) is 2.06. The summed E-state index contributed by atoms with van der Waals surface area (Å²) >= 11 is 0. The van der Waals surface area contributed by atoms with E-state index in [4.69, 9.17) is 4.74 Å². The lowest BCUT2D eigenvalue weighted by molar-refractivity contribution is -0.132. The maximum atomic E-state index is 12.9. The molecule has 0 bridgehead atoms. The molecule has 25 heavy (non-hydrogen) atoms. The van der Waals surface area contributed by atoms with Gasteiger partial charge in [0.1, 0.15) is 0 Å². The number of hydrogen-bond donors (Lipinski definition) is 0. The minimum Gasteiger partial charge on any atom is -0.455 e. The molecule has 1 amide bonds. The Balaban J connectivity index is 1.79. The second-order valence-electron chi connectivity index (χ2n) is 6.33. The van der Waals surface area contributed by atoms with Gasteiger partial charge in [-0.3, -0.25) is 4.79 Å². The van der Waals surface area contributed by atoms with Gasteiger partial charge in [0.05, 0.1) is 0 Å². The molecule has 3 heteroatoms. The first-order valence-electron chi connectivity index (χ1n) is 8.60. The van der Waals surface area contributed by atoms with Crippen LogP contribution in [0.4, 0.5) is 0 Å². The number of benzene rings is 3. The second-order valence-corrected chi connectivity index (χ2v) is 6.33. The van der Waals surface area contributed by atoms with Gasteiger partial charge in [-0.25, -0.2) is 0 Å². The van der Waals surface area contributed by atoms with Crippen LogP contribution in [0, 0.1) is 0 Å². The van der Waals surface area contributed by atoms with E-state index in [-0.39, 0.29) is 5.91 Å². The zero-order valence-electron chi connectivity index (χ0n) is 14.1. The van der Waals surface area contributed by atoms with Crippen molar-refractivity contribution in [3.05, 3.63) is 83.9 Å². The minimum absolute atomic E-state index is 0.219. The van der Waals surface area contributed by atoms with Crippen molar-refractivity contribution in [1.82, 2.24) is 0 Å². The number of carbonyl (C=O) groups is 1. The first-order valence-corrected chi connectivity index (χ1v) is 8.60. The average Bonchev–Trinajstić information content (AvgIpc) is 3.00. The molecule has 124 valence electrons. The lowest BCUT2D eigenvalue weighted by Gasteiger charge is -2.27. The van der Waals surface area contributed by atoms with Gasteiger partial charge in [0, 0.05) is 17.5 Å². The third kappa shape index (κ3) is 2.62. The van der Waals surface area contributed by atoms with E-state index in [0.717, 1.165) is 28.3 Å². The Bertz CT molecular complexity index is 962. The van der Waals surface area contributed by atoms with Crippen LogP contribution in [0.1, 0.15) is 30.9 Å². The summed E-state index contributed by atoms with van der Waals surface area (Å²) in [5, 5.41) is 2.24. The highest BCUT2D eigenvalue weighted by atomic mass is 16.5. The fourth-order valence-electron chi connectivity index (χ4n) is 3.40. The molecule has 0 saturated heterocycles. The van der Waals surface area contributed by atoms with E-state index >= 15 is 0 Å². The molecule has 1 aliphatic rings. The highest BCUT2D eigenvalue weighted by molar-refractivity contribution is 6.09. The fourth-order valence-corrected chi connectivity index (χ4v) is 3.40. The molecule has 1 heterocycles. The summed E-state index contributed by atoms with van der Waals surface area (Å²) in [7, 11) is 0. The molecule has 1 atom stereocenters. The van der Waals surface area contributed by atoms with Gasteiger partial charge in [0.25, 0.3) is 5.91 Å². The van der Waals surface area contributed by atoms with Crippen LogP contribution in [0.25, 0.3) is 10.8 Å². The van der Waals surface area contributed by atoms with Gasteiger partial charge in [-0.2, -0.15) is 4.99 Å². The fraction of sp³-hybridized carbons (Fsp3) is 0.182. The van der Waals surface area contributed by atoms with Gasteiger partial charge in [-0.15, -0.1) is 0 Å². The lowest BCUT2D eigenvalue weighted by atomic mass is 9.87. The van der Waals surface area contributed by atoms with Gasteiger partial charge < -0.3 is 4.74 Å². The number of hydrogen-bond acceptors (Lipinski definition) is 2. The van der Waals surface area contributed by atoms with E-state index in [1.54, 1.807) is 0 Å². The van der Waals surface area contributed by atoms with Crippen molar-refractivity contribution in [2.45, 2.75) is 25.4 Å². The molecule has 3 nitrogen and oxygen atoms in total. The molecule has 0 aromatic heterocycles. The summed E-state index contributed by atoms with van der Waals surface area (Å²) in [6, 6.07) is 23.8. The molecule has 0 fully saturated rings. The third-order valence-electron chi connectivity index (χ3n) is 4.66. The molecule has 0 saturated carbocycles. The number of carbonyl (C=O) groups excluding carboxylic acids is 1. The zero-order valence-corrected chi connectivity index (χ0v) is 14.1. The van der Waals surface area contributed by atoms with Crippen LogP contribution in [0.5, 0.6) is 0 Å². The molecule has 0 radical (unpaired) electrons. The zero-order chi connectivity index (χ0) is 17.3. The number of fused-ring (bicyclic) bond motifs is 1. The average molecular weight is 329 g/mol. The Kier molecular flexibility index (Phi) is 3.85. The second kappa shape index (κ2) is 6.17. The maximum absolute atomic E-state index is 12.9. The lowest BCUT2D eigenvalue weighted by Crippen LogP contribution is -2.34. The monoisotopic (exact) mass is 329 g/mol. The predicted octanol–water partition coefficient (Wildman–Crippen LogP) is 4.84. The normalized spacial score (nSPS) is 19.7. The molecule has 0 unspecified atom stereocenters. The number of aliphatic imine (C=N–C) groups is 1. The van der Waals surface area contributed by atoms with Crippen molar-refractivity contribution < 1.29 is 9.53 Å². The standard InChI is InChI=1S/C22H19NO2/c1-2-14-22(19-13-12-16-8-6-7-11-18(16)15-19)21(24)23-20(25-22)17-9-4-3-5-10-17/h3-13,15H,2,14H2,1H3/t22-/m1/s1. The van der Waals surface area contributed by atoms with Gasteiger partial charge in [-0.05, 0) is 29.0 Å². The first-order chi connectivity index (χ1) is 12.2. The van der Waals surface area contributed by atoms with Gasteiger partial charge in [0.15, 0.2) is 0 Å². The van der Waals surface area contributed by atoms with Gasteiger partial charge in [-0.1, -0.05) is 67.9 Å². The van der Waals surface area contributed by atoms with Crippen molar-refractivity contribution in [3.8, 4) is 0 Å². The molecule has 3 aromatic carbocycles.